The molecule has 492 valence electrons. The fourth-order valence-electron chi connectivity index (χ4n) is 14.6. The molecule has 0 bridgehead atoms. The molecule has 93 heavy (non-hydrogen) atoms. The maximum Gasteiger partial charge on any atom is 0.100 e. The molecule has 0 fully saturated rings. The molecule has 10 rings (SSSR count). The second-order valence-electron chi connectivity index (χ2n) is 37.2. The lowest BCUT2D eigenvalue weighted by atomic mass is 9.75. The molecule has 0 radical (unpaired) electrons. The average Bonchev–Trinajstić information content (AvgIpc) is 1.55. The van der Waals surface area contributed by atoms with Crippen molar-refractivity contribution in [3.8, 4) is 0 Å². The smallest absolute Gasteiger partial charge is 0.100 e. The zero-order chi connectivity index (χ0) is 68.7. The first-order chi connectivity index (χ1) is 42.6. The molecule has 1 aliphatic heterocycles. The SMILES string of the molecule is Cc1cc([C@@H](C)c2cc(C(C)(C)C)cc(C(C)(C)C)c2)c(N2CN(c3c([C@@H](C)c4cc(C(C)(C)C)cc(C(C)(C)C)c4)cc(C)cc3[C@@H](C)c3cc(C(C)(C)C)cc(C(C)(C)C)c3)C3=C2c2cccc4cccc3c24)c([C@@H](C)c2cc(C(C)(C)C)cc(C(C)(C)C)c2)c1. The third-order valence-corrected chi connectivity index (χ3v) is 21.2. The van der Waals surface area contributed by atoms with Gasteiger partial charge in [0.05, 0.1) is 22.8 Å². The van der Waals surface area contributed by atoms with E-state index in [1.54, 1.807) is 0 Å². The Morgan fingerprint density at radius 2 is 0.484 bits per heavy atom. The van der Waals surface area contributed by atoms with Gasteiger partial charge in [0.1, 0.15) is 6.67 Å². The van der Waals surface area contributed by atoms with Crippen LogP contribution in [0, 0.1) is 13.8 Å². The molecule has 0 spiro atoms. The first-order valence-corrected chi connectivity index (χ1v) is 35.4. The van der Waals surface area contributed by atoms with Crippen LogP contribution in [0.5, 0.6) is 0 Å². The Hall–Kier alpha value is -6.64. The highest BCUT2D eigenvalue weighted by molar-refractivity contribution is 6.21. The van der Waals surface area contributed by atoms with Gasteiger partial charge in [0.2, 0.25) is 0 Å². The van der Waals surface area contributed by atoms with Crippen molar-refractivity contribution in [2.24, 2.45) is 0 Å². The highest BCUT2D eigenvalue weighted by Crippen LogP contribution is 2.57. The van der Waals surface area contributed by atoms with Crippen LogP contribution in [0.4, 0.5) is 11.4 Å². The molecule has 1 heterocycles. The Kier molecular flexibility index (Phi) is 17.6. The van der Waals surface area contributed by atoms with E-state index in [2.05, 4.69) is 351 Å². The molecule has 8 aromatic carbocycles. The first-order valence-electron chi connectivity index (χ1n) is 35.4. The normalized spacial score (nSPS) is 15.8. The van der Waals surface area contributed by atoms with E-state index in [1.165, 1.54) is 145 Å². The van der Waals surface area contributed by atoms with Crippen molar-refractivity contribution in [3.05, 3.63) is 245 Å². The fraction of sp³-hybridized carbons (Fsp3) is 0.473. The third kappa shape index (κ3) is 13.5. The van der Waals surface area contributed by atoms with Gasteiger partial charge in [-0.15, -0.1) is 0 Å². The monoisotopic (exact) mass is 1240 g/mol. The van der Waals surface area contributed by atoms with Gasteiger partial charge in [0.25, 0.3) is 0 Å². The topological polar surface area (TPSA) is 6.48 Å². The molecule has 0 aromatic heterocycles. The maximum absolute atomic E-state index is 2.84. The summed E-state index contributed by atoms with van der Waals surface area (Å²) in [5.41, 5.74) is 32.2. The second kappa shape index (κ2) is 23.6. The lowest BCUT2D eigenvalue weighted by Crippen LogP contribution is -2.32. The van der Waals surface area contributed by atoms with Gasteiger partial charge in [-0.3, -0.25) is 0 Å². The zero-order valence-corrected chi connectivity index (χ0v) is 63.6. The minimum atomic E-state index is -0.0420. The summed E-state index contributed by atoms with van der Waals surface area (Å²) in [6, 6.07) is 54.9. The first kappa shape index (κ1) is 69.2. The minimum Gasteiger partial charge on any atom is -0.320 e. The maximum atomic E-state index is 2.84. The van der Waals surface area contributed by atoms with E-state index in [0.717, 1.165) is 0 Å². The van der Waals surface area contributed by atoms with Crippen molar-refractivity contribution in [2.75, 3.05) is 16.5 Å². The summed E-state index contributed by atoms with van der Waals surface area (Å²) in [4.78, 5) is 5.69. The van der Waals surface area contributed by atoms with Gasteiger partial charge in [-0.1, -0.05) is 338 Å². The van der Waals surface area contributed by atoms with E-state index in [-0.39, 0.29) is 67.0 Å². The van der Waals surface area contributed by atoms with Gasteiger partial charge in [-0.05, 0) is 152 Å². The Morgan fingerprint density at radius 3 is 0.677 bits per heavy atom. The van der Waals surface area contributed by atoms with Gasteiger partial charge < -0.3 is 9.80 Å². The van der Waals surface area contributed by atoms with E-state index in [9.17, 15) is 0 Å². The number of nitrogens with zero attached hydrogens (tertiary/aromatic N) is 2. The summed E-state index contributed by atoms with van der Waals surface area (Å²) in [7, 11) is 0. The standard InChI is InChI=1S/C91H118N2/c1-54-37-75(56(3)61-41-65(84(7,8)9)49-66(42-61)85(10,11)12)80(76(38-54)57(4)62-43-67(86(13,14)15)50-68(44-62)87(16,17)18)92-53-93(83-74-36-32-34-60-33-31-35-73(79(60)74)82(83)92)81-77(58(5)63-45-69(88(19,20)21)51-70(46-63)89(22,23)24)39-55(2)40-78(81)59(6)64-47-71(90(25,26)27)52-72(48-64)91(28,29)30/h31-52,56-59H,53H2,1-30H3/t56-,57-,58-,59-/m0/s1. The number of hydrogen-bond acceptors (Lipinski definition) is 2. The fourth-order valence-corrected chi connectivity index (χ4v) is 14.6. The van der Waals surface area contributed by atoms with Crippen LogP contribution in [0.3, 0.4) is 0 Å². The van der Waals surface area contributed by atoms with E-state index in [1.807, 2.05) is 0 Å². The number of hydrogen-bond donors (Lipinski definition) is 0. The van der Waals surface area contributed by atoms with Gasteiger partial charge in [-0.25, -0.2) is 0 Å². The molecule has 0 amide bonds. The zero-order valence-electron chi connectivity index (χ0n) is 63.6. The summed E-state index contributed by atoms with van der Waals surface area (Å²) in [5, 5.41) is 2.62. The number of aryl methyl sites for hydroxylation is 2. The highest BCUT2D eigenvalue weighted by Gasteiger charge is 2.44. The van der Waals surface area contributed by atoms with Crippen molar-refractivity contribution in [1.29, 1.82) is 0 Å². The van der Waals surface area contributed by atoms with Gasteiger partial charge in [0, 0.05) is 40.2 Å². The van der Waals surface area contributed by atoms with Crippen molar-refractivity contribution >= 4 is 33.5 Å². The molecule has 2 nitrogen and oxygen atoms in total. The highest BCUT2D eigenvalue weighted by atomic mass is 15.4. The summed E-state index contributed by atoms with van der Waals surface area (Å²) in [6.45, 7) is 72.6. The average molecular weight is 1240 g/mol. The number of fused-ring (bicyclic) bond motifs is 2. The van der Waals surface area contributed by atoms with Crippen LogP contribution in [0.1, 0.15) is 329 Å². The van der Waals surface area contributed by atoms with E-state index >= 15 is 0 Å². The van der Waals surface area contributed by atoms with Crippen LogP contribution in [0.2, 0.25) is 0 Å². The van der Waals surface area contributed by atoms with E-state index in [0.29, 0.717) is 6.67 Å². The van der Waals surface area contributed by atoms with Crippen molar-refractivity contribution < 1.29 is 0 Å². The molecule has 1 aliphatic carbocycles. The molecule has 0 saturated heterocycles. The summed E-state index contributed by atoms with van der Waals surface area (Å²) in [5.74, 6) is 0.177. The Bertz CT molecular complexity index is 3620. The molecule has 0 unspecified atom stereocenters. The molecule has 2 heteroatoms. The van der Waals surface area contributed by atoms with Crippen molar-refractivity contribution in [2.45, 2.75) is 275 Å². The van der Waals surface area contributed by atoms with Gasteiger partial charge >= 0.3 is 0 Å². The Morgan fingerprint density at radius 1 is 0.280 bits per heavy atom. The van der Waals surface area contributed by atoms with Gasteiger partial charge in [-0.2, -0.15) is 0 Å². The van der Waals surface area contributed by atoms with Crippen LogP contribution in [-0.2, 0) is 43.3 Å². The van der Waals surface area contributed by atoms with Crippen molar-refractivity contribution in [1.82, 2.24) is 0 Å². The molecule has 0 saturated carbocycles. The molecular formula is C91H118N2. The Balaban J connectivity index is 1.35. The minimum absolute atomic E-state index is 0.0420. The molecule has 2 aliphatic rings. The number of rotatable bonds is 10. The predicted octanol–water partition coefficient (Wildman–Crippen LogP) is 25.6. The summed E-state index contributed by atoms with van der Waals surface area (Å²) < 4.78 is 0. The lowest BCUT2D eigenvalue weighted by molar-refractivity contribution is 0.565. The number of anilines is 2. The molecule has 0 N–H and O–H groups in total. The van der Waals surface area contributed by atoms with E-state index < -0.39 is 0 Å². The third-order valence-electron chi connectivity index (χ3n) is 21.2. The van der Waals surface area contributed by atoms with Crippen LogP contribution in [-0.4, -0.2) is 6.67 Å². The lowest BCUT2D eigenvalue weighted by Gasteiger charge is -2.36. The van der Waals surface area contributed by atoms with E-state index in [4.69, 9.17) is 0 Å². The van der Waals surface area contributed by atoms with Crippen LogP contribution >= 0.6 is 0 Å². The summed E-state index contributed by atoms with van der Waals surface area (Å²) in [6.07, 6.45) is 0. The summed E-state index contributed by atoms with van der Waals surface area (Å²) >= 11 is 0. The predicted molar refractivity (Wildman–Crippen MR) is 408 cm³/mol. The van der Waals surface area contributed by atoms with Gasteiger partial charge in [0.15, 0.2) is 0 Å². The van der Waals surface area contributed by atoms with Crippen LogP contribution < -0.4 is 9.80 Å². The quantitative estimate of drug-likeness (QED) is 0.135. The Labute approximate surface area is 566 Å². The molecular weight excluding hydrogens is 1120 g/mol. The number of benzene rings is 8. The molecule has 4 atom stereocenters. The molecule has 8 aromatic rings. The van der Waals surface area contributed by atoms with Crippen LogP contribution in [0.25, 0.3) is 22.2 Å². The second-order valence-corrected chi connectivity index (χ2v) is 37.2. The van der Waals surface area contributed by atoms with Crippen molar-refractivity contribution in [3.63, 3.8) is 0 Å². The largest absolute Gasteiger partial charge is 0.320 e. The van der Waals surface area contributed by atoms with Crippen LogP contribution in [0.15, 0.2) is 133 Å².